The first kappa shape index (κ1) is 23.1. The Morgan fingerprint density at radius 1 is 1.15 bits per heavy atom. The van der Waals surface area contributed by atoms with E-state index >= 15 is 0 Å². The minimum absolute atomic E-state index is 0.0556. The molecule has 1 aromatic heterocycles. The smallest absolute Gasteiger partial charge is 0.337 e. The van der Waals surface area contributed by atoms with Crippen LogP contribution in [0.1, 0.15) is 51.5 Å². The highest BCUT2D eigenvalue weighted by atomic mass is 35.5. The van der Waals surface area contributed by atoms with Crippen molar-refractivity contribution in [2.24, 2.45) is 0 Å². The molecule has 5 nitrogen and oxygen atoms in total. The molecule has 2 aromatic carbocycles. The first-order chi connectivity index (χ1) is 15.9. The van der Waals surface area contributed by atoms with Crippen LogP contribution < -0.4 is 10.5 Å². The van der Waals surface area contributed by atoms with Gasteiger partial charge in [0, 0.05) is 35.6 Å². The van der Waals surface area contributed by atoms with Crippen LogP contribution in [0, 0.1) is 6.92 Å². The van der Waals surface area contributed by atoms with E-state index in [-0.39, 0.29) is 11.5 Å². The van der Waals surface area contributed by atoms with Crippen molar-refractivity contribution < 1.29 is 9.53 Å². The van der Waals surface area contributed by atoms with E-state index in [1.165, 1.54) is 25.5 Å². The van der Waals surface area contributed by atoms with Crippen molar-refractivity contribution in [1.29, 1.82) is 0 Å². The number of pyridine rings is 1. The average molecular weight is 465 g/mol. The van der Waals surface area contributed by atoms with Gasteiger partial charge >= 0.3 is 5.97 Å². The molecule has 4 rings (SSSR count). The van der Waals surface area contributed by atoms with Crippen LogP contribution in [0.4, 0.5) is 5.69 Å². The van der Waals surface area contributed by atoms with Crippen molar-refractivity contribution in [2.75, 3.05) is 19.1 Å². The third-order valence-corrected chi connectivity index (χ3v) is 6.50. The summed E-state index contributed by atoms with van der Waals surface area (Å²) in [5.74, 6) is 0.175. The van der Waals surface area contributed by atoms with Crippen molar-refractivity contribution in [3.63, 3.8) is 0 Å². The summed E-state index contributed by atoms with van der Waals surface area (Å²) in [6.07, 6.45) is 3.03. The number of aryl methyl sites for hydroxylation is 2. The second-order valence-corrected chi connectivity index (χ2v) is 9.17. The summed E-state index contributed by atoms with van der Waals surface area (Å²) in [6, 6.07) is 17.2. The predicted octanol–water partition coefficient (Wildman–Crippen LogP) is 5.35. The second kappa shape index (κ2) is 9.84. The number of carbonyl (C=O) groups excluding carboxylic acids is 1. The van der Waals surface area contributed by atoms with Gasteiger partial charge in [0.25, 0.3) is 5.56 Å². The van der Waals surface area contributed by atoms with Gasteiger partial charge in [0.1, 0.15) is 0 Å². The SMILES string of the molecule is COC(=O)c1ccc(CCn2c(CN(C)c3cccc(Cl)c3)c(C3CC3)cc(C)c2=O)cc1. The van der Waals surface area contributed by atoms with Crippen LogP contribution in [0.3, 0.4) is 0 Å². The van der Waals surface area contributed by atoms with E-state index in [4.69, 9.17) is 16.3 Å². The van der Waals surface area contributed by atoms with Crippen molar-refractivity contribution >= 4 is 23.3 Å². The van der Waals surface area contributed by atoms with Crippen LogP contribution in [-0.2, 0) is 24.2 Å². The number of hydrogen-bond donors (Lipinski definition) is 0. The lowest BCUT2D eigenvalue weighted by molar-refractivity contribution is 0.0600. The Morgan fingerprint density at radius 2 is 1.88 bits per heavy atom. The molecule has 6 heteroatoms. The summed E-state index contributed by atoms with van der Waals surface area (Å²) in [4.78, 5) is 27.1. The molecule has 3 aromatic rings. The number of aromatic nitrogens is 1. The van der Waals surface area contributed by atoms with Gasteiger partial charge in [-0.3, -0.25) is 4.79 Å². The zero-order valence-electron chi connectivity index (χ0n) is 19.3. The number of anilines is 1. The molecule has 0 saturated heterocycles. The average Bonchev–Trinajstić information content (AvgIpc) is 3.66. The molecular formula is C27H29ClN2O3. The topological polar surface area (TPSA) is 51.5 Å². The molecule has 0 bridgehead atoms. The maximum Gasteiger partial charge on any atom is 0.337 e. The minimum atomic E-state index is -0.350. The molecule has 0 radical (unpaired) electrons. The quantitative estimate of drug-likeness (QED) is 0.421. The molecule has 172 valence electrons. The van der Waals surface area contributed by atoms with Gasteiger partial charge in [0.05, 0.1) is 19.2 Å². The molecule has 33 heavy (non-hydrogen) atoms. The summed E-state index contributed by atoms with van der Waals surface area (Å²) in [5, 5.41) is 0.693. The summed E-state index contributed by atoms with van der Waals surface area (Å²) in [7, 11) is 3.41. The molecule has 0 amide bonds. The van der Waals surface area contributed by atoms with Crippen LogP contribution in [0.5, 0.6) is 0 Å². The van der Waals surface area contributed by atoms with Gasteiger partial charge in [0.15, 0.2) is 0 Å². The first-order valence-corrected chi connectivity index (χ1v) is 11.6. The van der Waals surface area contributed by atoms with E-state index in [1.807, 2.05) is 54.9 Å². The number of nitrogens with zero attached hydrogens (tertiary/aromatic N) is 2. The maximum absolute atomic E-state index is 13.2. The number of ether oxygens (including phenoxy) is 1. The molecule has 0 unspecified atom stereocenters. The van der Waals surface area contributed by atoms with Gasteiger partial charge in [0.2, 0.25) is 0 Å². The molecule has 0 atom stereocenters. The summed E-state index contributed by atoms with van der Waals surface area (Å²) in [6.45, 7) is 3.11. The van der Waals surface area contributed by atoms with Crippen molar-refractivity contribution in [2.45, 2.75) is 45.2 Å². The van der Waals surface area contributed by atoms with Crippen molar-refractivity contribution in [3.05, 3.63) is 97.9 Å². The standard InChI is InChI=1S/C27H29ClN2O3/c1-18-15-24(20-11-12-20)25(17-29(2)23-6-4-5-22(28)16-23)30(26(18)31)14-13-19-7-9-21(10-8-19)27(32)33-3/h4-10,15-16,20H,11-14,17H2,1-3H3. The second-order valence-electron chi connectivity index (χ2n) is 8.73. The summed E-state index contributed by atoms with van der Waals surface area (Å²) >= 11 is 6.21. The predicted molar refractivity (Wildman–Crippen MR) is 132 cm³/mol. The molecule has 1 saturated carbocycles. The fourth-order valence-corrected chi connectivity index (χ4v) is 4.41. The molecule has 0 spiro atoms. The van der Waals surface area contributed by atoms with Crippen LogP contribution in [0.25, 0.3) is 0 Å². The highest BCUT2D eigenvalue weighted by Gasteiger charge is 2.29. The lowest BCUT2D eigenvalue weighted by atomic mass is 10.0. The van der Waals surface area contributed by atoms with E-state index in [1.54, 1.807) is 12.1 Å². The zero-order valence-corrected chi connectivity index (χ0v) is 20.1. The van der Waals surface area contributed by atoms with Crippen molar-refractivity contribution in [1.82, 2.24) is 4.57 Å². The minimum Gasteiger partial charge on any atom is -0.465 e. The van der Waals surface area contributed by atoms with Crippen LogP contribution in [-0.4, -0.2) is 24.7 Å². The van der Waals surface area contributed by atoms with Crippen LogP contribution >= 0.6 is 11.6 Å². The van der Waals surface area contributed by atoms with Gasteiger partial charge in [-0.05, 0) is 79.6 Å². The first-order valence-electron chi connectivity index (χ1n) is 11.2. The van der Waals surface area contributed by atoms with E-state index in [2.05, 4.69) is 11.0 Å². The Hall–Kier alpha value is -3.05. The van der Waals surface area contributed by atoms with E-state index < -0.39 is 0 Å². The normalized spacial score (nSPS) is 13.1. The van der Waals surface area contributed by atoms with Gasteiger partial charge in [-0.1, -0.05) is 29.8 Å². The fourth-order valence-electron chi connectivity index (χ4n) is 4.23. The van der Waals surface area contributed by atoms with E-state index in [0.717, 1.165) is 22.5 Å². The number of halogens is 1. The van der Waals surface area contributed by atoms with Crippen LogP contribution in [0.2, 0.25) is 5.02 Å². The highest BCUT2D eigenvalue weighted by Crippen LogP contribution is 2.42. The monoisotopic (exact) mass is 464 g/mol. The molecule has 0 aliphatic heterocycles. The van der Waals surface area contributed by atoms with Gasteiger partial charge < -0.3 is 14.2 Å². The Bertz CT molecular complexity index is 1210. The number of rotatable bonds is 8. The van der Waals surface area contributed by atoms with Gasteiger partial charge in [-0.25, -0.2) is 4.79 Å². The Labute approximate surface area is 199 Å². The summed E-state index contributed by atoms with van der Waals surface area (Å²) in [5.41, 5.74) is 5.80. The van der Waals surface area contributed by atoms with Gasteiger partial charge in [-0.15, -0.1) is 0 Å². The van der Waals surface area contributed by atoms with Crippen molar-refractivity contribution in [3.8, 4) is 0 Å². The number of esters is 1. The zero-order chi connectivity index (χ0) is 23.5. The fraction of sp³-hybridized carbons (Fsp3) is 0.333. The molecule has 1 heterocycles. The number of hydrogen-bond acceptors (Lipinski definition) is 4. The Kier molecular flexibility index (Phi) is 6.89. The number of methoxy groups -OCH3 is 1. The third kappa shape index (κ3) is 5.31. The molecule has 1 aliphatic rings. The van der Waals surface area contributed by atoms with E-state index in [9.17, 15) is 9.59 Å². The number of benzene rings is 2. The molecule has 1 fully saturated rings. The Balaban J connectivity index is 1.63. The largest absolute Gasteiger partial charge is 0.465 e. The lowest BCUT2D eigenvalue weighted by Gasteiger charge is -2.25. The Morgan fingerprint density at radius 3 is 2.52 bits per heavy atom. The molecule has 1 aliphatic carbocycles. The van der Waals surface area contributed by atoms with E-state index in [0.29, 0.717) is 36.0 Å². The summed E-state index contributed by atoms with van der Waals surface area (Å²) < 4.78 is 6.72. The molecule has 0 N–H and O–H groups in total. The highest BCUT2D eigenvalue weighted by molar-refractivity contribution is 6.30. The molecular weight excluding hydrogens is 436 g/mol. The lowest BCUT2D eigenvalue weighted by Crippen LogP contribution is -2.31. The third-order valence-electron chi connectivity index (χ3n) is 6.27. The number of carbonyl (C=O) groups is 1. The van der Waals surface area contributed by atoms with Gasteiger partial charge in [-0.2, -0.15) is 0 Å². The van der Waals surface area contributed by atoms with Crippen LogP contribution in [0.15, 0.2) is 59.4 Å². The maximum atomic E-state index is 13.2.